The summed E-state index contributed by atoms with van der Waals surface area (Å²) in [5.74, 6) is 0.262. The van der Waals surface area contributed by atoms with E-state index in [4.69, 9.17) is 0 Å². The fourth-order valence-electron chi connectivity index (χ4n) is 3.76. The minimum atomic E-state index is 0.0246. The zero-order valence-corrected chi connectivity index (χ0v) is 16.0. The number of aryl methyl sites for hydroxylation is 1. The van der Waals surface area contributed by atoms with Crippen LogP contribution in [0.2, 0.25) is 0 Å². The number of likely N-dealkylation sites (tertiary alicyclic amines) is 1. The quantitative estimate of drug-likeness (QED) is 0.815. The molecule has 0 bridgehead atoms. The first-order chi connectivity index (χ1) is 13.1. The van der Waals surface area contributed by atoms with Gasteiger partial charge in [0.05, 0.1) is 0 Å². The van der Waals surface area contributed by atoms with Crippen molar-refractivity contribution in [3.05, 3.63) is 71.3 Å². The van der Waals surface area contributed by atoms with E-state index in [1.54, 1.807) is 0 Å². The van der Waals surface area contributed by atoms with Crippen LogP contribution in [0.1, 0.15) is 48.3 Å². The highest BCUT2D eigenvalue weighted by Crippen LogP contribution is 2.30. The molecule has 1 aliphatic heterocycles. The number of carbonyl (C=O) groups excluding carboxylic acids is 2. The molecule has 1 aliphatic rings. The normalized spacial score (nSPS) is 15.4. The molecule has 1 N–H and O–H groups in total. The Morgan fingerprint density at radius 3 is 2.56 bits per heavy atom. The Hall–Kier alpha value is -2.62. The first-order valence-electron chi connectivity index (χ1n) is 9.80. The average molecular weight is 364 g/mol. The highest BCUT2D eigenvalue weighted by Gasteiger charge is 2.21. The second-order valence-electron chi connectivity index (χ2n) is 7.21. The van der Waals surface area contributed by atoms with Gasteiger partial charge in [0.25, 0.3) is 0 Å². The summed E-state index contributed by atoms with van der Waals surface area (Å²) in [6, 6.07) is 18.4. The molecule has 0 saturated carbocycles. The number of nitrogens with one attached hydrogen (secondary N) is 1. The van der Waals surface area contributed by atoms with E-state index < -0.39 is 0 Å². The minimum Gasteiger partial charge on any atom is -0.354 e. The number of hydrogen-bond acceptors (Lipinski definition) is 2. The fraction of sp³-hybridized carbons (Fsp3) is 0.391. The largest absolute Gasteiger partial charge is 0.354 e. The maximum Gasteiger partial charge on any atom is 0.222 e. The van der Waals surface area contributed by atoms with Gasteiger partial charge in [-0.2, -0.15) is 0 Å². The molecule has 3 rings (SSSR count). The van der Waals surface area contributed by atoms with Crippen LogP contribution in [-0.2, 0) is 9.59 Å². The topological polar surface area (TPSA) is 49.4 Å². The molecule has 4 heteroatoms. The first-order valence-corrected chi connectivity index (χ1v) is 9.80. The van der Waals surface area contributed by atoms with Crippen LogP contribution in [0.4, 0.5) is 0 Å². The van der Waals surface area contributed by atoms with Gasteiger partial charge in [0.15, 0.2) is 0 Å². The van der Waals surface area contributed by atoms with Crippen LogP contribution in [-0.4, -0.2) is 36.3 Å². The molecule has 2 aromatic rings. The Labute approximate surface area is 161 Å². The standard InChI is InChI=1S/C23H28N2O2/c1-18-9-5-6-12-20(18)21(19-10-3-2-4-11-19)17-22(26)24-14-16-25-15-8-7-13-23(25)27/h2-6,9-12,21H,7-8,13-17H2,1H3,(H,24,26)/t21-/m1/s1. The number of piperidine rings is 1. The smallest absolute Gasteiger partial charge is 0.222 e. The van der Waals surface area contributed by atoms with E-state index in [9.17, 15) is 9.59 Å². The lowest BCUT2D eigenvalue weighted by Gasteiger charge is -2.27. The van der Waals surface area contributed by atoms with Gasteiger partial charge in [-0.05, 0) is 36.5 Å². The van der Waals surface area contributed by atoms with Gasteiger partial charge in [0.1, 0.15) is 0 Å². The molecule has 0 spiro atoms. The zero-order valence-electron chi connectivity index (χ0n) is 16.0. The Morgan fingerprint density at radius 1 is 1.07 bits per heavy atom. The number of nitrogens with zero attached hydrogens (tertiary/aromatic N) is 1. The van der Waals surface area contributed by atoms with E-state index in [1.807, 2.05) is 35.2 Å². The highest BCUT2D eigenvalue weighted by molar-refractivity contribution is 5.78. The molecule has 1 saturated heterocycles. The zero-order chi connectivity index (χ0) is 19.1. The molecule has 1 atom stereocenters. The van der Waals surface area contributed by atoms with Crippen LogP contribution in [0, 0.1) is 6.92 Å². The third kappa shape index (κ3) is 5.19. The van der Waals surface area contributed by atoms with Gasteiger partial charge in [-0.3, -0.25) is 9.59 Å². The molecule has 0 aliphatic carbocycles. The summed E-state index contributed by atoms with van der Waals surface area (Å²) < 4.78 is 0. The molecule has 0 radical (unpaired) electrons. The molecule has 0 aromatic heterocycles. The Bertz CT molecular complexity index is 773. The lowest BCUT2D eigenvalue weighted by molar-refractivity contribution is -0.133. The predicted octanol–water partition coefficient (Wildman–Crippen LogP) is 3.65. The lowest BCUT2D eigenvalue weighted by Crippen LogP contribution is -2.41. The lowest BCUT2D eigenvalue weighted by atomic mass is 9.86. The number of hydrogen-bond donors (Lipinski definition) is 1. The molecule has 0 unspecified atom stereocenters. The van der Waals surface area contributed by atoms with Crippen molar-refractivity contribution in [3.63, 3.8) is 0 Å². The van der Waals surface area contributed by atoms with Crippen molar-refractivity contribution in [3.8, 4) is 0 Å². The molecule has 2 aromatic carbocycles. The van der Waals surface area contributed by atoms with Crippen molar-refractivity contribution < 1.29 is 9.59 Å². The van der Waals surface area contributed by atoms with E-state index in [1.165, 1.54) is 11.1 Å². The van der Waals surface area contributed by atoms with E-state index in [2.05, 4.69) is 36.5 Å². The van der Waals surface area contributed by atoms with Gasteiger partial charge < -0.3 is 10.2 Å². The summed E-state index contributed by atoms with van der Waals surface area (Å²) in [5, 5.41) is 3.01. The van der Waals surface area contributed by atoms with Crippen LogP contribution in [0.5, 0.6) is 0 Å². The summed E-state index contributed by atoms with van der Waals surface area (Å²) in [6.07, 6.45) is 3.08. The predicted molar refractivity (Wildman–Crippen MR) is 108 cm³/mol. The van der Waals surface area contributed by atoms with E-state index >= 15 is 0 Å². The summed E-state index contributed by atoms with van der Waals surface area (Å²) >= 11 is 0. The summed E-state index contributed by atoms with van der Waals surface area (Å²) in [5.41, 5.74) is 3.52. The minimum absolute atomic E-state index is 0.0246. The maximum absolute atomic E-state index is 12.6. The molecular formula is C23H28N2O2. The Balaban J connectivity index is 1.63. The maximum atomic E-state index is 12.6. The van der Waals surface area contributed by atoms with Crippen molar-refractivity contribution in [1.82, 2.24) is 10.2 Å². The van der Waals surface area contributed by atoms with Crippen LogP contribution >= 0.6 is 0 Å². The SMILES string of the molecule is Cc1ccccc1[C@H](CC(=O)NCCN1CCCCC1=O)c1ccccc1. The third-order valence-electron chi connectivity index (χ3n) is 5.28. The second kappa shape index (κ2) is 9.36. The number of carbonyl (C=O) groups is 2. The van der Waals surface area contributed by atoms with Crippen LogP contribution in [0.15, 0.2) is 54.6 Å². The van der Waals surface area contributed by atoms with E-state index in [0.717, 1.165) is 24.9 Å². The van der Waals surface area contributed by atoms with Gasteiger partial charge in [-0.1, -0.05) is 54.6 Å². The molecule has 1 fully saturated rings. The molecule has 27 heavy (non-hydrogen) atoms. The first kappa shape index (κ1) is 19.2. The van der Waals surface area contributed by atoms with Gasteiger partial charge in [-0.15, -0.1) is 0 Å². The van der Waals surface area contributed by atoms with Crippen LogP contribution in [0.25, 0.3) is 0 Å². The third-order valence-corrected chi connectivity index (χ3v) is 5.28. The molecule has 1 heterocycles. The van der Waals surface area contributed by atoms with Crippen molar-refractivity contribution >= 4 is 11.8 Å². The van der Waals surface area contributed by atoms with E-state index in [0.29, 0.717) is 25.9 Å². The molecule has 2 amide bonds. The van der Waals surface area contributed by atoms with Crippen molar-refractivity contribution in [2.75, 3.05) is 19.6 Å². The summed E-state index contributed by atoms with van der Waals surface area (Å²) in [6.45, 7) is 4.01. The van der Waals surface area contributed by atoms with Crippen LogP contribution < -0.4 is 5.32 Å². The fourth-order valence-corrected chi connectivity index (χ4v) is 3.76. The van der Waals surface area contributed by atoms with Crippen molar-refractivity contribution in [1.29, 1.82) is 0 Å². The Kier molecular flexibility index (Phi) is 6.64. The summed E-state index contributed by atoms with van der Waals surface area (Å²) in [4.78, 5) is 26.3. The molecular weight excluding hydrogens is 336 g/mol. The molecule has 142 valence electrons. The van der Waals surface area contributed by atoms with Gasteiger partial charge in [0, 0.05) is 38.4 Å². The monoisotopic (exact) mass is 364 g/mol. The van der Waals surface area contributed by atoms with Crippen molar-refractivity contribution in [2.45, 2.75) is 38.5 Å². The number of rotatable bonds is 7. The summed E-state index contributed by atoms with van der Waals surface area (Å²) in [7, 11) is 0. The van der Waals surface area contributed by atoms with Gasteiger partial charge in [0.2, 0.25) is 11.8 Å². The van der Waals surface area contributed by atoms with Crippen LogP contribution in [0.3, 0.4) is 0 Å². The van der Waals surface area contributed by atoms with Gasteiger partial charge >= 0.3 is 0 Å². The van der Waals surface area contributed by atoms with Crippen molar-refractivity contribution in [2.24, 2.45) is 0 Å². The Morgan fingerprint density at radius 2 is 1.81 bits per heavy atom. The molecule has 4 nitrogen and oxygen atoms in total. The average Bonchev–Trinajstić information content (AvgIpc) is 2.69. The highest BCUT2D eigenvalue weighted by atomic mass is 16.2. The van der Waals surface area contributed by atoms with Gasteiger partial charge in [-0.25, -0.2) is 0 Å². The van der Waals surface area contributed by atoms with E-state index in [-0.39, 0.29) is 17.7 Å². The number of amides is 2. The number of benzene rings is 2. The second-order valence-corrected chi connectivity index (χ2v) is 7.21.